The first-order chi connectivity index (χ1) is 3.75. The predicted octanol–water partition coefficient (Wildman–Crippen LogP) is 0.528. The maximum atomic E-state index is 8.60. The molecule has 1 aliphatic carbocycles. The van der Waals surface area contributed by atoms with Gasteiger partial charge in [-0.3, -0.25) is 0 Å². The standard InChI is InChI=1S/C6H9NO/c1-5-2-6(5,3-7)4-8/h5,8H,2,4H2,1H3/t5-,6-/m1/s1. The van der Waals surface area contributed by atoms with Crippen LogP contribution in [0.2, 0.25) is 0 Å². The van der Waals surface area contributed by atoms with E-state index >= 15 is 0 Å². The van der Waals surface area contributed by atoms with E-state index in [4.69, 9.17) is 10.4 Å². The van der Waals surface area contributed by atoms with Gasteiger partial charge in [-0.1, -0.05) is 6.92 Å². The van der Waals surface area contributed by atoms with Crippen LogP contribution in [0.25, 0.3) is 0 Å². The zero-order valence-electron chi connectivity index (χ0n) is 4.89. The van der Waals surface area contributed by atoms with Crippen LogP contribution in [-0.4, -0.2) is 11.7 Å². The topological polar surface area (TPSA) is 44.0 Å². The van der Waals surface area contributed by atoms with Crippen molar-refractivity contribution in [2.24, 2.45) is 11.3 Å². The molecule has 1 rings (SSSR count). The second-order valence-electron chi connectivity index (χ2n) is 2.53. The van der Waals surface area contributed by atoms with Crippen LogP contribution in [-0.2, 0) is 0 Å². The van der Waals surface area contributed by atoms with Crippen molar-refractivity contribution in [1.29, 1.82) is 5.26 Å². The van der Waals surface area contributed by atoms with Gasteiger partial charge in [0.25, 0.3) is 0 Å². The highest BCUT2D eigenvalue weighted by Crippen LogP contribution is 2.50. The number of hydrogen-bond acceptors (Lipinski definition) is 2. The van der Waals surface area contributed by atoms with Crippen molar-refractivity contribution in [3.63, 3.8) is 0 Å². The summed E-state index contributed by atoms with van der Waals surface area (Å²) in [7, 11) is 0. The molecule has 0 saturated heterocycles. The highest BCUT2D eigenvalue weighted by Gasteiger charge is 2.51. The second kappa shape index (κ2) is 1.46. The van der Waals surface area contributed by atoms with E-state index in [-0.39, 0.29) is 12.0 Å². The Hall–Kier alpha value is -0.550. The zero-order chi connectivity index (χ0) is 6.20. The third kappa shape index (κ3) is 0.517. The van der Waals surface area contributed by atoms with Crippen LogP contribution < -0.4 is 0 Å². The Bertz CT molecular complexity index is 134. The molecule has 0 radical (unpaired) electrons. The summed E-state index contributed by atoms with van der Waals surface area (Å²) in [4.78, 5) is 0. The summed E-state index contributed by atoms with van der Waals surface area (Å²) >= 11 is 0. The van der Waals surface area contributed by atoms with Crippen LogP contribution >= 0.6 is 0 Å². The van der Waals surface area contributed by atoms with Gasteiger partial charge in [0.1, 0.15) is 0 Å². The van der Waals surface area contributed by atoms with Crippen molar-refractivity contribution in [2.45, 2.75) is 13.3 Å². The molecular weight excluding hydrogens is 102 g/mol. The Morgan fingerprint density at radius 2 is 2.50 bits per heavy atom. The first-order valence-corrected chi connectivity index (χ1v) is 2.77. The fourth-order valence-corrected chi connectivity index (χ4v) is 0.899. The van der Waals surface area contributed by atoms with E-state index < -0.39 is 0 Å². The highest BCUT2D eigenvalue weighted by atomic mass is 16.3. The largest absolute Gasteiger partial charge is 0.395 e. The molecule has 0 aromatic heterocycles. The van der Waals surface area contributed by atoms with Crippen LogP contribution in [0.5, 0.6) is 0 Å². The minimum atomic E-state index is -0.347. The summed E-state index contributed by atoms with van der Waals surface area (Å²) in [6.07, 6.45) is 0.875. The van der Waals surface area contributed by atoms with Gasteiger partial charge in [0.2, 0.25) is 0 Å². The number of rotatable bonds is 1. The molecule has 0 spiro atoms. The molecule has 0 bridgehead atoms. The van der Waals surface area contributed by atoms with Gasteiger partial charge >= 0.3 is 0 Å². The molecular formula is C6H9NO. The van der Waals surface area contributed by atoms with Gasteiger partial charge in [0.15, 0.2) is 0 Å². The van der Waals surface area contributed by atoms with Crippen LogP contribution in [0, 0.1) is 22.7 Å². The third-order valence-electron chi connectivity index (χ3n) is 1.96. The van der Waals surface area contributed by atoms with Crippen LogP contribution in [0.4, 0.5) is 0 Å². The maximum absolute atomic E-state index is 8.60. The van der Waals surface area contributed by atoms with Gasteiger partial charge in [-0.2, -0.15) is 5.26 Å². The molecule has 0 amide bonds. The van der Waals surface area contributed by atoms with Crippen molar-refractivity contribution < 1.29 is 5.11 Å². The number of hydrogen-bond donors (Lipinski definition) is 1. The van der Waals surface area contributed by atoms with Crippen molar-refractivity contribution in [3.05, 3.63) is 0 Å². The van der Waals surface area contributed by atoms with E-state index in [2.05, 4.69) is 6.07 Å². The van der Waals surface area contributed by atoms with E-state index in [0.717, 1.165) is 6.42 Å². The lowest BCUT2D eigenvalue weighted by Crippen LogP contribution is -2.04. The molecule has 44 valence electrons. The fourth-order valence-electron chi connectivity index (χ4n) is 0.899. The van der Waals surface area contributed by atoms with Gasteiger partial charge in [0.05, 0.1) is 18.1 Å². The van der Waals surface area contributed by atoms with Gasteiger partial charge in [0, 0.05) is 0 Å². The smallest absolute Gasteiger partial charge is 0.0833 e. The molecule has 2 nitrogen and oxygen atoms in total. The molecule has 0 unspecified atom stereocenters. The Morgan fingerprint density at radius 1 is 2.00 bits per heavy atom. The number of aliphatic hydroxyl groups excluding tert-OH is 1. The summed E-state index contributed by atoms with van der Waals surface area (Å²) in [6, 6.07) is 2.10. The average Bonchev–Trinajstić information content (AvgIpc) is 2.43. The lowest BCUT2D eigenvalue weighted by atomic mass is 10.1. The van der Waals surface area contributed by atoms with Crippen molar-refractivity contribution >= 4 is 0 Å². The maximum Gasteiger partial charge on any atom is 0.0833 e. The summed E-state index contributed by atoms with van der Waals surface area (Å²) < 4.78 is 0. The van der Waals surface area contributed by atoms with Crippen LogP contribution in [0.3, 0.4) is 0 Å². The molecule has 8 heavy (non-hydrogen) atoms. The van der Waals surface area contributed by atoms with Gasteiger partial charge < -0.3 is 5.11 Å². The number of aliphatic hydroxyl groups is 1. The molecule has 1 N–H and O–H groups in total. The van der Waals surface area contributed by atoms with Crippen molar-refractivity contribution in [3.8, 4) is 6.07 Å². The van der Waals surface area contributed by atoms with E-state index in [0.29, 0.717) is 5.92 Å². The lowest BCUT2D eigenvalue weighted by Gasteiger charge is -1.96. The number of nitriles is 1. The van der Waals surface area contributed by atoms with Crippen LogP contribution in [0.1, 0.15) is 13.3 Å². The predicted molar refractivity (Wildman–Crippen MR) is 28.9 cm³/mol. The zero-order valence-corrected chi connectivity index (χ0v) is 4.89. The molecule has 0 aromatic rings. The lowest BCUT2D eigenvalue weighted by molar-refractivity contribution is 0.237. The summed E-state index contributed by atoms with van der Waals surface area (Å²) in [5, 5.41) is 17.0. The van der Waals surface area contributed by atoms with Crippen LogP contribution in [0.15, 0.2) is 0 Å². The molecule has 0 heterocycles. The molecule has 2 atom stereocenters. The van der Waals surface area contributed by atoms with E-state index in [1.54, 1.807) is 0 Å². The van der Waals surface area contributed by atoms with Gasteiger partial charge in [-0.15, -0.1) is 0 Å². The first-order valence-electron chi connectivity index (χ1n) is 2.77. The van der Waals surface area contributed by atoms with E-state index in [9.17, 15) is 0 Å². The SMILES string of the molecule is C[C@@H]1C[C@@]1(C#N)CO. The molecule has 2 heteroatoms. The number of nitrogens with zero attached hydrogens (tertiary/aromatic N) is 1. The molecule has 0 aliphatic heterocycles. The Labute approximate surface area is 48.7 Å². The van der Waals surface area contributed by atoms with Gasteiger partial charge in [-0.05, 0) is 12.3 Å². The minimum absolute atomic E-state index is 0.0324. The fraction of sp³-hybridized carbons (Fsp3) is 0.833. The minimum Gasteiger partial charge on any atom is -0.395 e. The van der Waals surface area contributed by atoms with E-state index in [1.165, 1.54) is 0 Å². The highest BCUT2D eigenvalue weighted by molar-refractivity contribution is 5.14. The Balaban J connectivity index is 2.56. The van der Waals surface area contributed by atoms with E-state index in [1.807, 2.05) is 6.92 Å². The normalized spacial score (nSPS) is 43.4. The second-order valence-corrected chi connectivity index (χ2v) is 2.53. The van der Waals surface area contributed by atoms with Gasteiger partial charge in [-0.25, -0.2) is 0 Å². The molecule has 1 saturated carbocycles. The summed E-state index contributed by atoms with van der Waals surface area (Å²) in [5.74, 6) is 0.414. The Morgan fingerprint density at radius 3 is 2.50 bits per heavy atom. The Kier molecular flexibility index (Phi) is 1.02. The summed E-state index contributed by atoms with van der Waals surface area (Å²) in [6.45, 7) is 2.02. The molecule has 1 fully saturated rings. The average molecular weight is 111 g/mol. The van der Waals surface area contributed by atoms with Crippen molar-refractivity contribution in [2.75, 3.05) is 6.61 Å². The quantitative estimate of drug-likeness (QED) is 0.536. The molecule has 1 aliphatic rings. The summed E-state index contributed by atoms with van der Waals surface area (Å²) in [5.41, 5.74) is -0.347. The van der Waals surface area contributed by atoms with Crippen molar-refractivity contribution in [1.82, 2.24) is 0 Å². The third-order valence-corrected chi connectivity index (χ3v) is 1.96. The monoisotopic (exact) mass is 111 g/mol. The molecule has 0 aromatic carbocycles. The first kappa shape index (κ1) is 5.58.